The summed E-state index contributed by atoms with van der Waals surface area (Å²) in [6, 6.07) is 9.31. The van der Waals surface area contributed by atoms with Crippen LogP contribution in [0.4, 0.5) is 5.82 Å². The van der Waals surface area contributed by atoms with Crippen LogP contribution in [0.5, 0.6) is 0 Å². The van der Waals surface area contributed by atoms with Crippen molar-refractivity contribution in [2.24, 2.45) is 16.5 Å². The van der Waals surface area contributed by atoms with Gasteiger partial charge in [-0.05, 0) is 30.7 Å². The number of guanidine groups is 1. The van der Waals surface area contributed by atoms with Crippen LogP contribution < -0.4 is 73.9 Å². The molecule has 0 amide bonds. The minimum Gasteiger partial charge on any atom is -0.482 e. The molecule has 136 valence electrons. The molecule has 0 saturated heterocycles. The largest absolute Gasteiger partial charge is 1.00 e. The van der Waals surface area contributed by atoms with Crippen LogP contribution in [0.3, 0.4) is 0 Å². The van der Waals surface area contributed by atoms with Gasteiger partial charge in [0.2, 0.25) is 0 Å². The number of nitrogens with one attached hydrogen (secondary N) is 3. The first kappa shape index (κ1) is 21.6. The van der Waals surface area contributed by atoms with E-state index in [0.29, 0.717) is 18.7 Å². The zero-order valence-corrected chi connectivity index (χ0v) is 18.3. The van der Waals surface area contributed by atoms with Crippen LogP contribution in [-0.4, -0.2) is 33.6 Å². The fraction of sp³-hybridized carbons (Fsp3) is 0.235. The van der Waals surface area contributed by atoms with E-state index in [1.165, 1.54) is 4.57 Å². The van der Waals surface area contributed by atoms with Gasteiger partial charge in [0.25, 0.3) is 0 Å². The molecule has 9 nitrogen and oxygen atoms in total. The summed E-state index contributed by atoms with van der Waals surface area (Å²) in [4.78, 5) is 22.8. The van der Waals surface area contributed by atoms with Crippen LogP contribution in [-0.2, 0) is 6.54 Å². The van der Waals surface area contributed by atoms with Gasteiger partial charge in [-0.15, -0.1) is 0 Å². The number of fused-ring (bicyclic) bond motifs is 1. The van der Waals surface area contributed by atoms with Crippen molar-refractivity contribution >= 4 is 22.8 Å². The summed E-state index contributed by atoms with van der Waals surface area (Å²) in [6.45, 7) is 2.13. The Morgan fingerprint density at radius 3 is 2.74 bits per heavy atom. The Morgan fingerprint density at radius 2 is 2.04 bits per heavy atom. The molecule has 0 bridgehead atoms. The van der Waals surface area contributed by atoms with Gasteiger partial charge in [-0.3, -0.25) is 9.56 Å². The normalized spacial score (nSPS) is 10.5. The Bertz CT molecular complexity index is 973. The van der Waals surface area contributed by atoms with Gasteiger partial charge in [0.05, 0.1) is 11.3 Å². The first-order chi connectivity index (χ1) is 12.5. The van der Waals surface area contributed by atoms with E-state index >= 15 is 0 Å². The summed E-state index contributed by atoms with van der Waals surface area (Å²) in [5, 5.41) is 4.04. The predicted molar refractivity (Wildman–Crippen MR) is 103 cm³/mol. The van der Waals surface area contributed by atoms with Crippen LogP contribution in [0.25, 0.3) is 22.5 Å². The third-order valence-corrected chi connectivity index (χ3v) is 3.86. The maximum Gasteiger partial charge on any atom is 1.00 e. The number of nitrogens with zero attached hydrogens (tertiary/aromatic N) is 3. The molecular formula is C17H21KN8O. The molecule has 0 spiro atoms. The van der Waals surface area contributed by atoms with Crippen molar-refractivity contribution in [1.82, 2.24) is 19.9 Å². The molecule has 0 atom stereocenters. The fourth-order valence-electron chi connectivity index (χ4n) is 2.60. The Kier molecular flexibility index (Phi) is 8.01. The zero-order chi connectivity index (χ0) is 18.5. The standard InChI is InChI=1S/C17H21N8O.K/c18-14-8-12-10-25(17(26)24-15(12)23-14)13-4-2-11(3-5-13)9-21-6-1-7-22-16(19)20;/h2-5,8,10,18,21H,1,6-7,9H2,(H4,19,20,22)(H,23,24,26);/q-1;+1. The van der Waals surface area contributed by atoms with Crippen molar-refractivity contribution in [2.45, 2.75) is 13.0 Å². The van der Waals surface area contributed by atoms with Gasteiger partial charge in [-0.2, -0.15) is 4.98 Å². The third kappa shape index (κ3) is 5.89. The van der Waals surface area contributed by atoms with Gasteiger partial charge < -0.3 is 27.5 Å². The molecule has 0 aliphatic heterocycles. The minimum absolute atomic E-state index is 0. The van der Waals surface area contributed by atoms with Crippen LogP contribution in [0.15, 0.2) is 46.3 Å². The van der Waals surface area contributed by atoms with E-state index in [4.69, 9.17) is 17.2 Å². The molecule has 0 radical (unpaired) electrons. The maximum absolute atomic E-state index is 12.2. The minimum atomic E-state index is -0.384. The smallest absolute Gasteiger partial charge is 0.482 e. The molecule has 0 saturated carbocycles. The second-order valence-electron chi connectivity index (χ2n) is 5.88. The summed E-state index contributed by atoms with van der Waals surface area (Å²) < 4.78 is 1.47. The Labute approximate surface area is 198 Å². The van der Waals surface area contributed by atoms with E-state index in [9.17, 15) is 4.79 Å². The number of H-pyrrole nitrogens is 1. The van der Waals surface area contributed by atoms with Gasteiger partial charge in [0.1, 0.15) is 0 Å². The number of aliphatic imine (C=N–C) groups is 1. The summed E-state index contributed by atoms with van der Waals surface area (Å²) >= 11 is 0. The second-order valence-corrected chi connectivity index (χ2v) is 5.88. The molecule has 0 aliphatic carbocycles. The van der Waals surface area contributed by atoms with Crippen molar-refractivity contribution in [2.75, 3.05) is 13.1 Å². The van der Waals surface area contributed by atoms with E-state index < -0.39 is 0 Å². The topological polar surface area (TPSA) is 151 Å². The SMILES string of the molecule is [K+].[NH-]c1cc2cn(-c3ccc(CNCCCN=C(N)N)cc3)c(=O)nc2[nH]1. The molecule has 7 N–H and O–H groups in total. The average Bonchev–Trinajstić information content (AvgIpc) is 2.96. The number of hydrogen-bond acceptors (Lipinski definition) is 4. The second kappa shape index (κ2) is 10.0. The van der Waals surface area contributed by atoms with Crippen molar-refractivity contribution in [3.8, 4) is 5.69 Å². The molecule has 3 aromatic rings. The molecule has 0 aliphatic rings. The maximum atomic E-state index is 12.2. The number of nitrogens with two attached hydrogens (primary N) is 2. The van der Waals surface area contributed by atoms with Crippen LogP contribution in [0.2, 0.25) is 0 Å². The third-order valence-electron chi connectivity index (χ3n) is 3.86. The molecular weight excluding hydrogens is 371 g/mol. The molecule has 27 heavy (non-hydrogen) atoms. The average molecular weight is 393 g/mol. The van der Waals surface area contributed by atoms with Crippen molar-refractivity contribution in [3.05, 3.63) is 58.3 Å². The first-order valence-corrected chi connectivity index (χ1v) is 8.22. The number of hydrogen-bond donors (Lipinski definition) is 4. The van der Waals surface area contributed by atoms with Gasteiger partial charge in [0, 0.05) is 24.7 Å². The Hall–Kier alpha value is -1.69. The summed E-state index contributed by atoms with van der Waals surface area (Å²) in [6.07, 6.45) is 2.54. The number of aromatic amines is 1. The fourth-order valence-corrected chi connectivity index (χ4v) is 2.60. The van der Waals surface area contributed by atoms with Crippen molar-refractivity contribution < 1.29 is 51.4 Å². The van der Waals surface area contributed by atoms with Crippen LogP contribution in [0.1, 0.15) is 12.0 Å². The van der Waals surface area contributed by atoms with E-state index in [0.717, 1.165) is 29.6 Å². The van der Waals surface area contributed by atoms with Crippen molar-refractivity contribution in [3.63, 3.8) is 0 Å². The van der Waals surface area contributed by atoms with Gasteiger partial charge in [-0.1, -0.05) is 24.0 Å². The Morgan fingerprint density at radius 1 is 1.30 bits per heavy atom. The Balaban J connectivity index is 0.00000261. The molecule has 3 rings (SSSR count). The van der Waals surface area contributed by atoms with E-state index in [-0.39, 0.29) is 68.9 Å². The summed E-state index contributed by atoms with van der Waals surface area (Å²) in [7, 11) is 0. The number of rotatable bonds is 7. The van der Waals surface area contributed by atoms with E-state index in [1.54, 1.807) is 12.3 Å². The summed E-state index contributed by atoms with van der Waals surface area (Å²) in [5.41, 5.74) is 20.0. The van der Waals surface area contributed by atoms with E-state index in [1.807, 2.05) is 24.3 Å². The van der Waals surface area contributed by atoms with Crippen LogP contribution in [0, 0.1) is 0 Å². The predicted octanol–water partition coefficient (Wildman–Crippen LogP) is -1.85. The van der Waals surface area contributed by atoms with E-state index in [2.05, 4.69) is 20.3 Å². The number of aromatic nitrogens is 3. The van der Waals surface area contributed by atoms with Crippen molar-refractivity contribution in [1.29, 1.82) is 0 Å². The monoisotopic (exact) mass is 392 g/mol. The van der Waals surface area contributed by atoms with Gasteiger partial charge in [0.15, 0.2) is 5.96 Å². The molecule has 2 heterocycles. The molecule has 0 fully saturated rings. The zero-order valence-electron chi connectivity index (χ0n) is 15.2. The first-order valence-electron chi connectivity index (χ1n) is 8.22. The van der Waals surface area contributed by atoms with Gasteiger partial charge in [-0.25, -0.2) is 4.79 Å². The molecule has 2 aromatic heterocycles. The molecule has 1 aromatic carbocycles. The summed E-state index contributed by atoms with van der Waals surface area (Å²) in [5.74, 6) is 0.341. The molecule has 0 unspecified atom stereocenters. The van der Waals surface area contributed by atoms with Crippen LogP contribution >= 0.6 is 0 Å². The quantitative estimate of drug-likeness (QED) is 0.161. The molecule has 10 heteroatoms. The number of benzene rings is 1. The van der Waals surface area contributed by atoms with Gasteiger partial charge >= 0.3 is 57.1 Å².